The Kier molecular flexibility index (Phi) is 3.65. The number of para-hydroxylation sites is 1. The average Bonchev–Trinajstić information content (AvgIpc) is 2.84. The maximum atomic E-state index is 11.0. The zero-order valence-electron chi connectivity index (χ0n) is 10.5. The van der Waals surface area contributed by atoms with Gasteiger partial charge in [-0.1, -0.05) is 6.07 Å². The van der Waals surface area contributed by atoms with Gasteiger partial charge in [-0.25, -0.2) is 4.79 Å². The van der Waals surface area contributed by atoms with Crippen LogP contribution in [0.2, 0.25) is 0 Å². The topological polar surface area (TPSA) is 106 Å². The molecule has 0 fully saturated rings. The summed E-state index contributed by atoms with van der Waals surface area (Å²) in [6.45, 7) is 3.20. The molecule has 4 N–H and O–H groups in total. The van der Waals surface area contributed by atoms with Gasteiger partial charge < -0.3 is 20.7 Å². The number of nitrogens with zero attached hydrogens (tertiary/aromatic N) is 3. The van der Waals surface area contributed by atoms with E-state index >= 15 is 0 Å². The Morgan fingerprint density at radius 2 is 2.32 bits per heavy atom. The lowest BCUT2D eigenvalue weighted by Crippen LogP contribution is -2.10. The molecule has 1 heterocycles. The third kappa shape index (κ3) is 2.65. The highest BCUT2D eigenvalue weighted by Crippen LogP contribution is 2.23. The number of nitrogens with one attached hydrogen (secondary N) is 1. The van der Waals surface area contributed by atoms with Gasteiger partial charge in [0, 0.05) is 6.54 Å². The fraction of sp³-hybridized carbons (Fsp3) is 0.250. The van der Waals surface area contributed by atoms with E-state index < -0.39 is 5.97 Å². The summed E-state index contributed by atoms with van der Waals surface area (Å²) in [5.74, 6) is -0.277. The highest BCUT2D eigenvalue weighted by molar-refractivity contribution is 5.97. The first-order valence-electron chi connectivity index (χ1n) is 5.85. The van der Waals surface area contributed by atoms with Crippen LogP contribution in [0.5, 0.6) is 0 Å². The second-order valence-corrected chi connectivity index (χ2v) is 3.96. The van der Waals surface area contributed by atoms with E-state index in [0.29, 0.717) is 12.2 Å². The first-order chi connectivity index (χ1) is 9.13. The zero-order valence-corrected chi connectivity index (χ0v) is 10.5. The highest BCUT2D eigenvalue weighted by Gasteiger charge is 2.11. The maximum Gasteiger partial charge on any atom is 0.337 e. The van der Waals surface area contributed by atoms with Crippen molar-refractivity contribution in [1.82, 2.24) is 14.8 Å². The van der Waals surface area contributed by atoms with Crippen LogP contribution in [0.4, 0.5) is 11.4 Å². The number of anilines is 2. The molecule has 1 aromatic heterocycles. The summed E-state index contributed by atoms with van der Waals surface area (Å²) in [6, 6.07) is 4.85. The highest BCUT2D eigenvalue weighted by atomic mass is 16.4. The number of rotatable bonds is 5. The molecule has 100 valence electrons. The predicted molar refractivity (Wildman–Crippen MR) is 70.8 cm³/mol. The van der Waals surface area contributed by atoms with Crippen LogP contribution in [0, 0.1) is 0 Å². The minimum absolute atomic E-state index is 0.0851. The van der Waals surface area contributed by atoms with Crippen LogP contribution in [-0.4, -0.2) is 25.8 Å². The Morgan fingerprint density at radius 3 is 3.00 bits per heavy atom. The summed E-state index contributed by atoms with van der Waals surface area (Å²) >= 11 is 0. The molecule has 0 saturated carbocycles. The van der Waals surface area contributed by atoms with Crippen molar-refractivity contribution in [3.8, 4) is 0 Å². The molecular formula is C12H15N5O2. The normalized spacial score (nSPS) is 10.4. The van der Waals surface area contributed by atoms with Crippen molar-refractivity contribution in [2.45, 2.75) is 20.0 Å². The third-order valence-corrected chi connectivity index (χ3v) is 2.81. The van der Waals surface area contributed by atoms with Crippen LogP contribution in [0.1, 0.15) is 23.1 Å². The van der Waals surface area contributed by atoms with Gasteiger partial charge in [0.15, 0.2) is 5.82 Å². The van der Waals surface area contributed by atoms with E-state index in [0.717, 1.165) is 12.4 Å². The van der Waals surface area contributed by atoms with Gasteiger partial charge >= 0.3 is 5.97 Å². The summed E-state index contributed by atoms with van der Waals surface area (Å²) in [6.07, 6.45) is 1.65. The molecule has 2 aromatic rings. The first-order valence-corrected chi connectivity index (χ1v) is 5.85. The molecule has 0 bridgehead atoms. The van der Waals surface area contributed by atoms with Crippen LogP contribution < -0.4 is 11.1 Å². The molecule has 0 aliphatic carbocycles. The number of carboxylic acid groups (broad SMARTS) is 1. The van der Waals surface area contributed by atoms with E-state index in [4.69, 9.17) is 10.8 Å². The number of hydrogen-bond acceptors (Lipinski definition) is 5. The van der Waals surface area contributed by atoms with Crippen molar-refractivity contribution in [3.05, 3.63) is 35.9 Å². The molecule has 0 saturated heterocycles. The predicted octanol–water partition coefficient (Wildman–Crippen LogP) is 1.19. The third-order valence-electron chi connectivity index (χ3n) is 2.81. The Labute approximate surface area is 110 Å². The van der Waals surface area contributed by atoms with Gasteiger partial charge in [-0.2, -0.15) is 0 Å². The fourth-order valence-corrected chi connectivity index (χ4v) is 1.76. The Hall–Kier alpha value is -2.57. The SMILES string of the molecule is CCn1cnnc1CNc1cccc(C(=O)O)c1N. The minimum Gasteiger partial charge on any atom is -0.478 e. The van der Waals surface area contributed by atoms with Crippen LogP contribution in [0.15, 0.2) is 24.5 Å². The molecule has 1 aromatic carbocycles. The number of aryl methyl sites for hydroxylation is 1. The summed E-state index contributed by atoms with van der Waals surface area (Å²) in [4.78, 5) is 11.0. The standard InChI is InChI=1S/C12H15N5O2/c1-2-17-7-15-16-10(17)6-14-9-5-3-4-8(11(9)13)12(18)19/h3-5,7,14H,2,6,13H2,1H3,(H,18,19). The number of hydrogen-bond donors (Lipinski definition) is 3. The van der Waals surface area contributed by atoms with E-state index in [9.17, 15) is 4.79 Å². The van der Waals surface area contributed by atoms with Gasteiger partial charge in [-0.15, -0.1) is 10.2 Å². The number of benzene rings is 1. The summed E-state index contributed by atoms with van der Waals surface area (Å²) in [5, 5.41) is 19.9. The minimum atomic E-state index is -1.04. The van der Waals surface area contributed by atoms with Crippen molar-refractivity contribution in [2.75, 3.05) is 11.1 Å². The lowest BCUT2D eigenvalue weighted by molar-refractivity contribution is 0.0698. The molecule has 0 amide bonds. The smallest absolute Gasteiger partial charge is 0.337 e. The lowest BCUT2D eigenvalue weighted by atomic mass is 10.1. The maximum absolute atomic E-state index is 11.0. The number of nitrogen functional groups attached to an aromatic ring is 1. The van der Waals surface area contributed by atoms with Gasteiger partial charge in [0.05, 0.1) is 23.5 Å². The van der Waals surface area contributed by atoms with E-state index in [2.05, 4.69) is 15.5 Å². The first kappa shape index (κ1) is 12.9. The summed E-state index contributed by atoms with van der Waals surface area (Å²) in [7, 11) is 0. The number of nitrogens with two attached hydrogens (primary N) is 1. The average molecular weight is 261 g/mol. The van der Waals surface area contributed by atoms with Crippen LogP contribution >= 0.6 is 0 Å². The number of carboxylic acids is 1. The lowest BCUT2D eigenvalue weighted by Gasteiger charge is -2.11. The van der Waals surface area contributed by atoms with E-state index in [1.807, 2.05) is 11.5 Å². The van der Waals surface area contributed by atoms with Crippen molar-refractivity contribution in [2.24, 2.45) is 0 Å². The van der Waals surface area contributed by atoms with Gasteiger partial charge in [-0.3, -0.25) is 0 Å². The van der Waals surface area contributed by atoms with Crippen molar-refractivity contribution in [1.29, 1.82) is 0 Å². The molecule has 19 heavy (non-hydrogen) atoms. The number of aromatic carboxylic acids is 1. The molecular weight excluding hydrogens is 246 g/mol. The largest absolute Gasteiger partial charge is 0.478 e. The van der Waals surface area contributed by atoms with Gasteiger partial charge in [-0.05, 0) is 19.1 Å². The molecule has 0 unspecified atom stereocenters. The molecule has 0 aliphatic heterocycles. The van der Waals surface area contributed by atoms with Crippen LogP contribution in [0.25, 0.3) is 0 Å². The number of carbonyl (C=O) groups is 1. The molecule has 7 heteroatoms. The molecule has 0 atom stereocenters. The van der Waals surface area contributed by atoms with Crippen molar-refractivity contribution < 1.29 is 9.90 Å². The fourth-order valence-electron chi connectivity index (χ4n) is 1.76. The quantitative estimate of drug-likeness (QED) is 0.698. The number of aromatic nitrogens is 3. The van der Waals surface area contributed by atoms with Crippen LogP contribution in [0.3, 0.4) is 0 Å². The Bertz CT molecular complexity index is 594. The van der Waals surface area contributed by atoms with Gasteiger partial charge in [0.2, 0.25) is 0 Å². The van der Waals surface area contributed by atoms with Crippen molar-refractivity contribution >= 4 is 17.3 Å². The van der Waals surface area contributed by atoms with Gasteiger partial charge in [0.1, 0.15) is 6.33 Å². The van der Waals surface area contributed by atoms with E-state index in [1.54, 1.807) is 18.5 Å². The van der Waals surface area contributed by atoms with Crippen molar-refractivity contribution in [3.63, 3.8) is 0 Å². The Balaban J connectivity index is 2.16. The molecule has 2 rings (SSSR count). The molecule has 0 aliphatic rings. The monoisotopic (exact) mass is 261 g/mol. The zero-order chi connectivity index (χ0) is 13.8. The molecule has 0 radical (unpaired) electrons. The molecule has 0 spiro atoms. The summed E-state index contributed by atoms with van der Waals surface area (Å²) in [5.41, 5.74) is 6.69. The Morgan fingerprint density at radius 1 is 1.53 bits per heavy atom. The second-order valence-electron chi connectivity index (χ2n) is 3.96. The van der Waals surface area contributed by atoms with E-state index in [1.165, 1.54) is 6.07 Å². The van der Waals surface area contributed by atoms with Crippen LogP contribution in [-0.2, 0) is 13.1 Å². The molecule has 7 nitrogen and oxygen atoms in total. The van der Waals surface area contributed by atoms with Gasteiger partial charge in [0.25, 0.3) is 0 Å². The van der Waals surface area contributed by atoms with E-state index in [-0.39, 0.29) is 11.3 Å². The second kappa shape index (κ2) is 5.38. The summed E-state index contributed by atoms with van der Waals surface area (Å²) < 4.78 is 1.89.